The summed E-state index contributed by atoms with van der Waals surface area (Å²) in [6.45, 7) is 0.663. The molecule has 0 bridgehead atoms. The van der Waals surface area contributed by atoms with Crippen molar-refractivity contribution in [1.82, 2.24) is 9.97 Å². The molecule has 0 fully saturated rings. The van der Waals surface area contributed by atoms with E-state index in [1.54, 1.807) is 48.7 Å². The Kier molecular flexibility index (Phi) is 5.94. The number of benzene rings is 2. The third-order valence-electron chi connectivity index (χ3n) is 3.85. The monoisotopic (exact) mass is 366 g/mol. The molecule has 2 aromatic carbocycles. The molecule has 0 atom stereocenters. The highest BCUT2D eigenvalue weighted by Crippen LogP contribution is 2.15. The highest BCUT2D eigenvalue weighted by atomic mass is 19.1. The van der Waals surface area contributed by atoms with Crippen LogP contribution >= 0.6 is 0 Å². The maximum absolute atomic E-state index is 12.9. The number of hydrogen-bond donors (Lipinski definition) is 2. The van der Waals surface area contributed by atoms with Crippen LogP contribution in [-0.2, 0) is 11.2 Å². The molecule has 0 radical (unpaired) electrons. The second-order valence-electron chi connectivity index (χ2n) is 5.76. The Balaban J connectivity index is 1.56. The van der Waals surface area contributed by atoms with Crippen molar-refractivity contribution in [3.8, 4) is 0 Å². The summed E-state index contributed by atoms with van der Waals surface area (Å²) in [7, 11) is 1.34. The van der Waals surface area contributed by atoms with Gasteiger partial charge in [0.15, 0.2) is 0 Å². The van der Waals surface area contributed by atoms with Crippen LogP contribution in [0.25, 0.3) is 0 Å². The number of nitrogens with zero attached hydrogens (tertiary/aromatic N) is 2. The van der Waals surface area contributed by atoms with E-state index >= 15 is 0 Å². The zero-order valence-corrected chi connectivity index (χ0v) is 14.8. The fourth-order valence-electron chi connectivity index (χ4n) is 2.44. The first kappa shape index (κ1) is 18.3. The van der Waals surface area contributed by atoms with Crippen LogP contribution in [0, 0.1) is 5.82 Å². The van der Waals surface area contributed by atoms with E-state index in [0.29, 0.717) is 23.9 Å². The first-order chi connectivity index (χ1) is 13.1. The van der Waals surface area contributed by atoms with Crippen LogP contribution in [0.5, 0.6) is 0 Å². The lowest BCUT2D eigenvalue weighted by Gasteiger charge is -2.09. The summed E-state index contributed by atoms with van der Waals surface area (Å²) in [5, 5.41) is 6.31. The molecule has 3 aromatic rings. The lowest BCUT2D eigenvalue weighted by molar-refractivity contribution is 0.0601. The van der Waals surface area contributed by atoms with Crippen molar-refractivity contribution in [2.45, 2.75) is 6.42 Å². The molecule has 0 saturated carbocycles. The van der Waals surface area contributed by atoms with Gasteiger partial charge in [-0.15, -0.1) is 0 Å². The molecule has 2 N–H and O–H groups in total. The van der Waals surface area contributed by atoms with Gasteiger partial charge in [-0.05, 0) is 54.4 Å². The van der Waals surface area contributed by atoms with E-state index in [1.807, 2.05) is 0 Å². The lowest BCUT2D eigenvalue weighted by atomic mass is 10.1. The maximum Gasteiger partial charge on any atom is 0.337 e. The van der Waals surface area contributed by atoms with Gasteiger partial charge in [-0.3, -0.25) is 0 Å². The van der Waals surface area contributed by atoms with E-state index in [1.165, 1.54) is 19.2 Å². The normalized spacial score (nSPS) is 10.3. The van der Waals surface area contributed by atoms with Crippen molar-refractivity contribution in [2.75, 3.05) is 24.3 Å². The number of carbonyl (C=O) groups excluding carboxylic acids is 1. The highest BCUT2D eigenvalue weighted by molar-refractivity contribution is 5.89. The fourth-order valence-corrected chi connectivity index (χ4v) is 2.44. The van der Waals surface area contributed by atoms with E-state index in [0.717, 1.165) is 17.7 Å². The number of nitrogens with one attached hydrogen (secondary N) is 2. The number of methoxy groups -OCH3 is 1. The zero-order chi connectivity index (χ0) is 19.1. The molecular formula is C20H19FN4O2. The molecule has 3 rings (SSSR count). The average Bonchev–Trinajstić information content (AvgIpc) is 2.70. The quantitative estimate of drug-likeness (QED) is 0.620. The lowest BCUT2D eigenvalue weighted by Crippen LogP contribution is -2.08. The predicted molar refractivity (Wildman–Crippen MR) is 102 cm³/mol. The molecule has 0 spiro atoms. The molecule has 6 nitrogen and oxygen atoms in total. The van der Waals surface area contributed by atoms with Crippen LogP contribution in [0.4, 0.5) is 21.8 Å². The number of esters is 1. The Bertz CT molecular complexity index is 899. The Morgan fingerprint density at radius 1 is 1.07 bits per heavy atom. The van der Waals surface area contributed by atoms with Crippen LogP contribution in [0.1, 0.15) is 15.9 Å². The summed E-state index contributed by atoms with van der Waals surface area (Å²) in [5.74, 6) is 0.497. The van der Waals surface area contributed by atoms with Crippen LogP contribution in [0.3, 0.4) is 0 Å². The topological polar surface area (TPSA) is 76.1 Å². The largest absolute Gasteiger partial charge is 0.465 e. The second kappa shape index (κ2) is 8.75. The van der Waals surface area contributed by atoms with E-state index in [2.05, 4.69) is 25.3 Å². The number of rotatable bonds is 7. The van der Waals surface area contributed by atoms with Gasteiger partial charge in [-0.1, -0.05) is 12.1 Å². The smallest absolute Gasteiger partial charge is 0.337 e. The van der Waals surface area contributed by atoms with Gasteiger partial charge in [0.2, 0.25) is 5.95 Å². The Morgan fingerprint density at radius 3 is 2.52 bits per heavy atom. The summed E-state index contributed by atoms with van der Waals surface area (Å²) in [4.78, 5) is 20.0. The Hall–Kier alpha value is -3.48. The summed E-state index contributed by atoms with van der Waals surface area (Å²) >= 11 is 0. The van der Waals surface area contributed by atoms with E-state index in [4.69, 9.17) is 0 Å². The van der Waals surface area contributed by atoms with Gasteiger partial charge in [0.25, 0.3) is 0 Å². The Labute approximate surface area is 156 Å². The van der Waals surface area contributed by atoms with Gasteiger partial charge in [-0.25, -0.2) is 14.2 Å². The molecule has 27 heavy (non-hydrogen) atoms. The van der Waals surface area contributed by atoms with Crippen molar-refractivity contribution in [1.29, 1.82) is 0 Å². The molecule has 138 valence electrons. The van der Waals surface area contributed by atoms with Crippen molar-refractivity contribution >= 4 is 23.4 Å². The Morgan fingerprint density at radius 2 is 1.81 bits per heavy atom. The second-order valence-corrected chi connectivity index (χ2v) is 5.76. The molecule has 7 heteroatoms. The molecule has 1 heterocycles. The summed E-state index contributed by atoms with van der Waals surface area (Å²) < 4.78 is 17.6. The summed E-state index contributed by atoms with van der Waals surface area (Å²) in [6, 6.07) is 15.0. The van der Waals surface area contributed by atoms with E-state index in [9.17, 15) is 9.18 Å². The first-order valence-corrected chi connectivity index (χ1v) is 8.41. The van der Waals surface area contributed by atoms with Crippen LogP contribution in [-0.4, -0.2) is 29.6 Å². The highest BCUT2D eigenvalue weighted by Gasteiger charge is 2.05. The van der Waals surface area contributed by atoms with Gasteiger partial charge in [0.05, 0.1) is 12.7 Å². The van der Waals surface area contributed by atoms with E-state index < -0.39 is 0 Å². The maximum atomic E-state index is 12.9. The number of carbonyl (C=O) groups is 1. The molecule has 0 saturated heterocycles. The number of aromatic nitrogens is 2. The summed E-state index contributed by atoms with van der Waals surface area (Å²) in [6.07, 6.45) is 2.40. The number of hydrogen-bond acceptors (Lipinski definition) is 6. The fraction of sp³-hybridized carbons (Fsp3) is 0.150. The molecule has 0 aliphatic heterocycles. The minimum atomic E-state index is -0.384. The molecule has 0 aliphatic rings. The molecule has 1 aromatic heterocycles. The number of halogens is 1. The van der Waals surface area contributed by atoms with Crippen LogP contribution in [0.2, 0.25) is 0 Å². The SMILES string of the molecule is COC(=O)c1ccc(Nc2nccc(NCCc3ccc(F)cc3)n2)cc1. The first-order valence-electron chi connectivity index (χ1n) is 8.41. The average molecular weight is 366 g/mol. The van der Waals surface area contributed by atoms with Crippen LogP contribution in [0.15, 0.2) is 60.8 Å². The van der Waals surface area contributed by atoms with Gasteiger partial charge >= 0.3 is 5.97 Å². The third-order valence-corrected chi connectivity index (χ3v) is 3.85. The van der Waals surface area contributed by atoms with E-state index in [-0.39, 0.29) is 11.8 Å². The van der Waals surface area contributed by atoms with Gasteiger partial charge < -0.3 is 15.4 Å². The van der Waals surface area contributed by atoms with Crippen molar-refractivity contribution < 1.29 is 13.9 Å². The molecule has 0 unspecified atom stereocenters. The number of ether oxygens (including phenoxy) is 1. The minimum Gasteiger partial charge on any atom is -0.465 e. The molecule has 0 amide bonds. The van der Waals surface area contributed by atoms with Gasteiger partial charge in [0.1, 0.15) is 11.6 Å². The van der Waals surface area contributed by atoms with Crippen molar-refractivity contribution in [3.63, 3.8) is 0 Å². The van der Waals surface area contributed by atoms with Crippen molar-refractivity contribution in [3.05, 3.63) is 77.7 Å². The summed E-state index contributed by atoms with van der Waals surface area (Å²) in [5.41, 5.74) is 2.27. The molecule has 0 aliphatic carbocycles. The standard InChI is InChI=1S/C20H19FN4O2/c1-27-19(26)15-4-8-17(9-5-15)24-20-23-13-11-18(25-20)22-12-10-14-2-6-16(21)7-3-14/h2-9,11,13H,10,12H2,1H3,(H2,22,23,24,25). The number of anilines is 3. The van der Waals surface area contributed by atoms with Crippen LogP contribution < -0.4 is 10.6 Å². The molecular weight excluding hydrogens is 347 g/mol. The minimum absolute atomic E-state index is 0.238. The van der Waals surface area contributed by atoms with Gasteiger partial charge in [0, 0.05) is 18.4 Å². The third kappa shape index (κ3) is 5.24. The van der Waals surface area contributed by atoms with Gasteiger partial charge in [-0.2, -0.15) is 4.98 Å². The zero-order valence-electron chi connectivity index (χ0n) is 14.8. The predicted octanol–water partition coefficient (Wildman–Crippen LogP) is 3.80. The van der Waals surface area contributed by atoms with Crippen molar-refractivity contribution in [2.24, 2.45) is 0 Å².